The van der Waals surface area contributed by atoms with Crippen molar-refractivity contribution in [3.63, 3.8) is 0 Å². The van der Waals surface area contributed by atoms with Crippen LogP contribution in [0.4, 0.5) is 0 Å². The van der Waals surface area contributed by atoms with Crippen LogP contribution in [0.1, 0.15) is 35.6 Å². The number of carbonyl (C=O) groups is 1. The number of amides is 1. The molecule has 1 N–H and O–H groups in total. The van der Waals surface area contributed by atoms with Crippen LogP contribution in [-0.2, 0) is 19.6 Å². The number of hydrogen-bond acceptors (Lipinski definition) is 4. The minimum absolute atomic E-state index is 0.142. The number of hydrogen-bond donors (Lipinski definition) is 1. The van der Waals surface area contributed by atoms with Crippen molar-refractivity contribution >= 4 is 16.8 Å². The molecule has 0 aliphatic rings. The molecular formula is C22H24N6O. The van der Waals surface area contributed by atoms with E-state index in [-0.39, 0.29) is 5.91 Å². The lowest BCUT2D eigenvalue weighted by Crippen LogP contribution is -2.23. The van der Waals surface area contributed by atoms with Crippen molar-refractivity contribution in [2.75, 3.05) is 0 Å². The highest BCUT2D eigenvalue weighted by molar-refractivity contribution is 6.07. The third-order valence-corrected chi connectivity index (χ3v) is 5.09. The second-order valence-corrected chi connectivity index (χ2v) is 6.88. The first kappa shape index (κ1) is 18.9. The summed E-state index contributed by atoms with van der Waals surface area (Å²) in [5, 5.41) is 12.7. The molecule has 4 aromatic rings. The third kappa shape index (κ3) is 3.63. The van der Waals surface area contributed by atoms with Crippen molar-refractivity contribution in [2.45, 2.75) is 40.4 Å². The van der Waals surface area contributed by atoms with Crippen molar-refractivity contribution in [3.05, 3.63) is 65.7 Å². The van der Waals surface area contributed by atoms with Crippen molar-refractivity contribution < 1.29 is 4.79 Å². The molecule has 0 atom stereocenters. The van der Waals surface area contributed by atoms with Gasteiger partial charge in [0.25, 0.3) is 5.91 Å². The maximum atomic E-state index is 13.0. The summed E-state index contributed by atoms with van der Waals surface area (Å²) in [6, 6.07) is 11.5. The molecule has 0 radical (unpaired) electrons. The highest BCUT2D eigenvalue weighted by Gasteiger charge is 2.16. The van der Waals surface area contributed by atoms with Gasteiger partial charge in [-0.15, -0.1) is 0 Å². The Morgan fingerprint density at radius 3 is 2.69 bits per heavy atom. The predicted octanol–water partition coefficient (Wildman–Crippen LogP) is 3.57. The first-order chi connectivity index (χ1) is 14.1. The summed E-state index contributed by atoms with van der Waals surface area (Å²) in [6.45, 7) is 8.07. The number of rotatable bonds is 6. The molecule has 29 heavy (non-hydrogen) atoms. The first-order valence-electron chi connectivity index (χ1n) is 9.83. The topological polar surface area (TPSA) is 77.6 Å². The minimum atomic E-state index is -0.142. The first-order valence-corrected chi connectivity index (χ1v) is 9.83. The summed E-state index contributed by atoms with van der Waals surface area (Å²) < 4.78 is 3.77. The normalized spacial score (nSPS) is 11.1. The van der Waals surface area contributed by atoms with Gasteiger partial charge in [-0.2, -0.15) is 10.2 Å². The van der Waals surface area contributed by atoms with Crippen LogP contribution in [0, 0.1) is 6.92 Å². The Hall–Kier alpha value is -3.48. The van der Waals surface area contributed by atoms with Crippen LogP contribution in [0.2, 0.25) is 0 Å². The number of para-hydroxylation sites is 1. The fourth-order valence-corrected chi connectivity index (χ4v) is 3.46. The fourth-order valence-electron chi connectivity index (χ4n) is 3.46. The summed E-state index contributed by atoms with van der Waals surface area (Å²) >= 11 is 0. The second-order valence-electron chi connectivity index (χ2n) is 6.88. The molecule has 7 heteroatoms. The van der Waals surface area contributed by atoms with E-state index in [2.05, 4.69) is 22.4 Å². The highest BCUT2D eigenvalue weighted by Crippen LogP contribution is 2.27. The zero-order valence-electron chi connectivity index (χ0n) is 16.9. The Morgan fingerprint density at radius 2 is 1.97 bits per heavy atom. The van der Waals surface area contributed by atoms with Crippen molar-refractivity contribution in [1.82, 2.24) is 29.9 Å². The van der Waals surface area contributed by atoms with Crippen molar-refractivity contribution in [1.29, 1.82) is 0 Å². The van der Waals surface area contributed by atoms with E-state index in [4.69, 9.17) is 4.98 Å². The number of nitrogens with zero attached hydrogens (tertiary/aromatic N) is 5. The number of benzene rings is 1. The molecular weight excluding hydrogens is 364 g/mol. The van der Waals surface area contributed by atoms with Gasteiger partial charge in [0.1, 0.15) is 0 Å². The summed E-state index contributed by atoms with van der Waals surface area (Å²) in [7, 11) is 0. The van der Waals surface area contributed by atoms with Gasteiger partial charge in [0, 0.05) is 35.9 Å². The summed E-state index contributed by atoms with van der Waals surface area (Å²) in [5.41, 5.74) is 4.94. The molecule has 148 valence electrons. The largest absolute Gasteiger partial charge is 0.346 e. The van der Waals surface area contributed by atoms with E-state index >= 15 is 0 Å². The molecule has 3 heterocycles. The second kappa shape index (κ2) is 7.87. The van der Waals surface area contributed by atoms with Crippen LogP contribution >= 0.6 is 0 Å². The van der Waals surface area contributed by atoms with E-state index in [9.17, 15) is 4.79 Å². The zero-order chi connectivity index (χ0) is 20.4. The van der Waals surface area contributed by atoms with E-state index in [1.54, 1.807) is 0 Å². The lowest BCUT2D eigenvalue weighted by atomic mass is 10.0. The standard InChI is InChI=1S/C22H24N6O/c1-4-27-11-10-16(26-27)13-23-22(29)18-12-21(19-14-24-28(5-2)15(19)3)25-20-9-7-6-8-17(18)20/h6-12,14H,4-5,13H2,1-3H3,(H,23,29). The van der Waals surface area contributed by atoms with Crippen LogP contribution in [-0.4, -0.2) is 30.5 Å². The molecule has 0 spiro atoms. The maximum Gasteiger partial charge on any atom is 0.252 e. The van der Waals surface area contributed by atoms with Crippen LogP contribution in [0.3, 0.4) is 0 Å². The maximum absolute atomic E-state index is 13.0. The quantitative estimate of drug-likeness (QED) is 0.548. The van der Waals surface area contributed by atoms with Gasteiger partial charge < -0.3 is 5.32 Å². The summed E-state index contributed by atoms with van der Waals surface area (Å²) in [6.07, 6.45) is 3.73. The van der Waals surface area contributed by atoms with Crippen LogP contribution in [0.15, 0.2) is 48.8 Å². The number of carbonyl (C=O) groups excluding carboxylic acids is 1. The van der Waals surface area contributed by atoms with Gasteiger partial charge in [0.2, 0.25) is 0 Å². The Labute approximate surface area is 169 Å². The van der Waals surface area contributed by atoms with Gasteiger partial charge in [-0.3, -0.25) is 14.2 Å². The predicted molar refractivity (Wildman–Crippen MR) is 112 cm³/mol. The number of nitrogens with one attached hydrogen (secondary N) is 1. The molecule has 1 amide bonds. The fraction of sp³-hybridized carbons (Fsp3) is 0.273. The van der Waals surface area contributed by atoms with Gasteiger partial charge in [-0.05, 0) is 39.0 Å². The van der Waals surface area contributed by atoms with Crippen molar-refractivity contribution in [2.24, 2.45) is 0 Å². The Bertz CT molecular complexity index is 1170. The molecule has 7 nitrogen and oxygen atoms in total. The lowest BCUT2D eigenvalue weighted by Gasteiger charge is -2.10. The molecule has 0 unspecified atom stereocenters. The molecule has 3 aromatic heterocycles. The molecule has 0 aliphatic carbocycles. The lowest BCUT2D eigenvalue weighted by molar-refractivity contribution is 0.0952. The van der Waals surface area contributed by atoms with E-state index in [0.29, 0.717) is 12.1 Å². The van der Waals surface area contributed by atoms with Gasteiger partial charge >= 0.3 is 0 Å². The monoisotopic (exact) mass is 388 g/mol. The van der Waals surface area contributed by atoms with Gasteiger partial charge in [-0.25, -0.2) is 4.98 Å². The Balaban J connectivity index is 1.70. The molecule has 1 aromatic carbocycles. The number of aryl methyl sites for hydroxylation is 2. The zero-order valence-corrected chi connectivity index (χ0v) is 16.9. The van der Waals surface area contributed by atoms with Crippen molar-refractivity contribution in [3.8, 4) is 11.3 Å². The molecule has 0 saturated carbocycles. The molecule has 0 bridgehead atoms. The Kier molecular flexibility index (Phi) is 5.12. The SMILES string of the molecule is CCn1ccc(CNC(=O)c2cc(-c3cnn(CC)c3C)nc3ccccc23)n1. The Morgan fingerprint density at radius 1 is 1.14 bits per heavy atom. The van der Waals surface area contributed by atoms with Crippen LogP contribution in [0.25, 0.3) is 22.2 Å². The van der Waals surface area contributed by atoms with E-state index < -0.39 is 0 Å². The highest BCUT2D eigenvalue weighted by atomic mass is 16.1. The molecule has 0 aliphatic heterocycles. The van der Waals surface area contributed by atoms with Crippen LogP contribution < -0.4 is 5.32 Å². The average Bonchev–Trinajstić information content (AvgIpc) is 3.37. The van der Waals surface area contributed by atoms with E-state index in [1.807, 2.05) is 72.0 Å². The molecule has 0 fully saturated rings. The van der Waals surface area contributed by atoms with Gasteiger partial charge in [-0.1, -0.05) is 18.2 Å². The molecule has 0 saturated heterocycles. The average molecular weight is 388 g/mol. The van der Waals surface area contributed by atoms with E-state index in [1.165, 1.54) is 0 Å². The van der Waals surface area contributed by atoms with E-state index in [0.717, 1.165) is 46.6 Å². The summed E-state index contributed by atoms with van der Waals surface area (Å²) in [4.78, 5) is 17.8. The minimum Gasteiger partial charge on any atom is -0.346 e. The third-order valence-electron chi connectivity index (χ3n) is 5.09. The number of fused-ring (bicyclic) bond motifs is 1. The molecule has 4 rings (SSSR count). The number of pyridine rings is 1. The van der Waals surface area contributed by atoms with Gasteiger partial charge in [0.05, 0.1) is 35.2 Å². The smallest absolute Gasteiger partial charge is 0.252 e. The van der Waals surface area contributed by atoms with Crippen LogP contribution in [0.5, 0.6) is 0 Å². The van der Waals surface area contributed by atoms with Gasteiger partial charge in [0.15, 0.2) is 0 Å². The number of aromatic nitrogens is 5. The summed E-state index contributed by atoms with van der Waals surface area (Å²) in [5.74, 6) is -0.142.